The van der Waals surface area contributed by atoms with Gasteiger partial charge in [0.1, 0.15) is 0 Å². The second-order valence-electron chi connectivity index (χ2n) is 7.78. The van der Waals surface area contributed by atoms with Crippen molar-refractivity contribution >= 4 is 28.8 Å². The molecule has 1 aromatic heterocycles. The molecule has 0 spiro atoms. The molecule has 2 rings (SSSR count). The Balaban J connectivity index is 2.35. The zero-order valence-corrected chi connectivity index (χ0v) is 16.8. The van der Waals surface area contributed by atoms with Gasteiger partial charge in [-0.2, -0.15) is 0 Å². The van der Waals surface area contributed by atoms with Crippen molar-refractivity contribution < 1.29 is 9.90 Å². The number of pyridine rings is 1. The van der Waals surface area contributed by atoms with Crippen LogP contribution in [0.5, 0.6) is 0 Å². The van der Waals surface area contributed by atoms with E-state index in [2.05, 4.69) is 33.5 Å². The average Bonchev–Trinajstić information content (AvgIpc) is 2.67. The van der Waals surface area contributed by atoms with Gasteiger partial charge in [-0.3, -0.25) is 10.1 Å². The van der Waals surface area contributed by atoms with E-state index in [9.17, 15) is 9.90 Å². The Morgan fingerprint density at radius 3 is 2.74 bits per heavy atom. The van der Waals surface area contributed by atoms with Gasteiger partial charge < -0.3 is 15.3 Å². The van der Waals surface area contributed by atoms with Gasteiger partial charge in [-0.05, 0) is 18.6 Å². The number of fused-ring (bicyclic) bond motifs is 1. The van der Waals surface area contributed by atoms with Gasteiger partial charge in [0.15, 0.2) is 5.82 Å². The summed E-state index contributed by atoms with van der Waals surface area (Å²) >= 11 is 0. The Morgan fingerprint density at radius 1 is 1.33 bits per heavy atom. The highest BCUT2D eigenvalue weighted by Crippen LogP contribution is 2.29. The first-order valence-electron chi connectivity index (χ1n) is 9.59. The summed E-state index contributed by atoms with van der Waals surface area (Å²) < 4.78 is 0. The first kappa shape index (κ1) is 21.1. The first-order valence-corrected chi connectivity index (χ1v) is 9.59. The number of carbonyl (C=O) groups excluding carboxylic acids is 1. The zero-order chi connectivity index (χ0) is 19.9. The zero-order valence-electron chi connectivity index (χ0n) is 16.8. The second-order valence-corrected chi connectivity index (χ2v) is 7.78. The van der Waals surface area contributed by atoms with E-state index < -0.39 is 0 Å². The molecule has 1 aromatic carbocycles. The lowest BCUT2D eigenvalue weighted by Gasteiger charge is -2.34. The molecule has 2 aromatic rings. The molecule has 0 radical (unpaired) electrons. The highest BCUT2D eigenvalue weighted by Gasteiger charge is 2.23. The molecular formula is C21H32N4O2. The van der Waals surface area contributed by atoms with Crippen LogP contribution >= 0.6 is 0 Å². The standard InChI is InChI=1S/C21H32N4O2/c1-5-6-11-19(22-13-21(2,3)14-26)25(4)18-12-16-9-7-8-10-17(16)24-20(18)23-15-27/h7-10,12,15,19,22,26H,5-6,11,13-14H2,1-4H3,(H,23,24,27). The van der Waals surface area contributed by atoms with Crippen LogP contribution in [-0.4, -0.2) is 42.9 Å². The highest BCUT2D eigenvalue weighted by molar-refractivity contribution is 5.90. The van der Waals surface area contributed by atoms with Crippen LogP contribution in [0.15, 0.2) is 30.3 Å². The van der Waals surface area contributed by atoms with Crippen molar-refractivity contribution in [3.63, 3.8) is 0 Å². The summed E-state index contributed by atoms with van der Waals surface area (Å²) in [4.78, 5) is 17.9. The molecule has 148 valence electrons. The van der Waals surface area contributed by atoms with Crippen molar-refractivity contribution in [1.82, 2.24) is 10.3 Å². The van der Waals surface area contributed by atoms with E-state index >= 15 is 0 Å². The van der Waals surface area contributed by atoms with Crippen LogP contribution in [0.3, 0.4) is 0 Å². The molecule has 1 unspecified atom stereocenters. The van der Waals surface area contributed by atoms with Crippen molar-refractivity contribution in [3.05, 3.63) is 30.3 Å². The molecule has 0 fully saturated rings. The molecule has 0 aliphatic heterocycles. The van der Waals surface area contributed by atoms with Crippen molar-refractivity contribution in [3.8, 4) is 0 Å². The number of aliphatic hydroxyl groups is 1. The van der Waals surface area contributed by atoms with Gasteiger partial charge in [-0.25, -0.2) is 4.98 Å². The van der Waals surface area contributed by atoms with Gasteiger partial charge in [0.2, 0.25) is 6.41 Å². The van der Waals surface area contributed by atoms with Crippen LogP contribution in [0.1, 0.15) is 40.0 Å². The molecule has 1 heterocycles. The summed E-state index contributed by atoms with van der Waals surface area (Å²) in [5.41, 5.74) is 1.52. The minimum atomic E-state index is -0.198. The smallest absolute Gasteiger partial charge is 0.212 e. The van der Waals surface area contributed by atoms with Crippen LogP contribution < -0.4 is 15.5 Å². The number of anilines is 2. The molecule has 6 nitrogen and oxygen atoms in total. The fourth-order valence-corrected chi connectivity index (χ4v) is 2.98. The van der Waals surface area contributed by atoms with Crippen LogP contribution in [0.2, 0.25) is 0 Å². The number of hydrogen-bond acceptors (Lipinski definition) is 5. The average molecular weight is 373 g/mol. The predicted molar refractivity (Wildman–Crippen MR) is 112 cm³/mol. The van der Waals surface area contributed by atoms with Crippen molar-refractivity contribution in [2.45, 2.75) is 46.2 Å². The van der Waals surface area contributed by atoms with Gasteiger partial charge in [0, 0.05) is 31.0 Å². The molecule has 0 aliphatic rings. The van der Waals surface area contributed by atoms with Gasteiger partial charge in [0.25, 0.3) is 0 Å². The Bertz CT molecular complexity index is 748. The summed E-state index contributed by atoms with van der Waals surface area (Å²) in [5.74, 6) is 0.552. The minimum Gasteiger partial charge on any atom is -0.396 e. The molecule has 0 bridgehead atoms. The van der Waals surface area contributed by atoms with E-state index in [-0.39, 0.29) is 18.2 Å². The van der Waals surface area contributed by atoms with Crippen LogP contribution in [-0.2, 0) is 4.79 Å². The molecule has 1 atom stereocenters. The van der Waals surface area contributed by atoms with Crippen molar-refractivity contribution in [2.24, 2.45) is 5.41 Å². The Labute approximate surface area is 162 Å². The number of nitrogens with one attached hydrogen (secondary N) is 2. The maximum atomic E-state index is 11.1. The van der Waals surface area contributed by atoms with Gasteiger partial charge in [0.05, 0.1) is 17.4 Å². The lowest BCUT2D eigenvalue weighted by atomic mass is 9.94. The Kier molecular flexibility index (Phi) is 7.56. The summed E-state index contributed by atoms with van der Waals surface area (Å²) in [6.45, 7) is 7.06. The summed E-state index contributed by atoms with van der Waals surface area (Å²) in [6.07, 6.45) is 3.88. The number of nitrogens with zero attached hydrogens (tertiary/aromatic N) is 2. The molecular weight excluding hydrogens is 340 g/mol. The maximum Gasteiger partial charge on any atom is 0.212 e. The quantitative estimate of drug-likeness (QED) is 0.416. The van der Waals surface area contributed by atoms with Gasteiger partial charge >= 0.3 is 0 Å². The predicted octanol–water partition coefficient (Wildman–Crippen LogP) is 3.36. The fourth-order valence-electron chi connectivity index (χ4n) is 2.98. The lowest BCUT2D eigenvalue weighted by Crippen LogP contribution is -2.48. The van der Waals surface area contributed by atoms with E-state index in [1.165, 1.54) is 0 Å². The number of unbranched alkanes of at least 4 members (excludes halogenated alkanes) is 1. The number of benzene rings is 1. The molecule has 3 N–H and O–H groups in total. The summed E-state index contributed by atoms with van der Waals surface area (Å²) in [7, 11) is 2.01. The van der Waals surface area contributed by atoms with Crippen molar-refractivity contribution in [1.29, 1.82) is 0 Å². The summed E-state index contributed by atoms with van der Waals surface area (Å²) in [6, 6.07) is 9.94. The Morgan fingerprint density at radius 2 is 2.07 bits per heavy atom. The third-order valence-electron chi connectivity index (χ3n) is 4.82. The highest BCUT2D eigenvalue weighted by atomic mass is 16.3. The number of hydrogen-bond donors (Lipinski definition) is 3. The molecule has 27 heavy (non-hydrogen) atoms. The normalized spacial score (nSPS) is 12.8. The number of aromatic nitrogens is 1. The minimum absolute atomic E-state index is 0.0749. The van der Waals surface area contributed by atoms with E-state index in [1.807, 2.05) is 45.2 Å². The second kappa shape index (κ2) is 9.67. The lowest BCUT2D eigenvalue weighted by molar-refractivity contribution is -0.105. The molecule has 0 saturated heterocycles. The number of rotatable bonds is 11. The molecule has 0 aliphatic carbocycles. The number of aliphatic hydroxyl groups excluding tert-OH is 1. The molecule has 0 saturated carbocycles. The fraction of sp³-hybridized carbons (Fsp3) is 0.524. The number of amides is 1. The third kappa shape index (κ3) is 5.65. The monoisotopic (exact) mass is 372 g/mol. The number of carbonyl (C=O) groups is 1. The van der Waals surface area contributed by atoms with E-state index in [1.54, 1.807) is 0 Å². The van der Waals surface area contributed by atoms with Gasteiger partial charge in [-0.15, -0.1) is 0 Å². The first-order chi connectivity index (χ1) is 12.9. The number of para-hydroxylation sites is 1. The van der Waals surface area contributed by atoms with E-state index in [0.717, 1.165) is 35.9 Å². The molecule has 1 amide bonds. The van der Waals surface area contributed by atoms with E-state index in [0.29, 0.717) is 18.8 Å². The van der Waals surface area contributed by atoms with Crippen LogP contribution in [0, 0.1) is 5.41 Å². The van der Waals surface area contributed by atoms with E-state index in [4.69, 9.17) is 0 Å². The Hall–Kier alpha value is -2.18. The van der Waals surface area contributed by atoms with Crippen LogP contribution in [0.25, 0.3) is 10.9 Å². The van der Waals surface area contributed by atoms with Crippen LogP contribution in [0.4, 0.5) is 11.5 Å². The third-order valence-corrected chi connectivity index (χ3v) is 4.82. The van der Waals surface area contributed by atoms with Gasteiger partial charge in [-0.1, -0.05) is 51.8 Å². The topological polar surface area (TPSA) is 77.5 Å². The molecule has 6 heteroatoms. The maximum absolute atomic E-state index is 11.1. The SMILES string of the molecule is CCCCC(NCC(C)(C)CO)N(C)c1cc2ccccc2nc1NC=O. The van der Waals surface area contributed by atoms with Crippen molar-refractivity contribution in [2.75, 3.05) is 30.4 Å². The largest absolute Gasteiger partial charge is 0.396 e. The summed E-state index contributed by atoms with van der Waals surface area (Å²) in [5, 5.41) is 16.9.